The van der Waals surface area contributed by atoms with Crippen LogP contribution >= 0.6 is 24.8 Å². The Morgan fingerprint density at radius 3 is 2.62 bits per heavy atom. The van der Waals surface area contributed by atoms with Gasteiger partial charge >= 0.3 is 0 Å². The lowest BCUT2D eigenvalue weighted by molar-refractivity contribution is 0.415. The van der Waals surface area contributed by atoms with Crippen molar-refractivity contribution in [1.82, 2.24) is 10.3 Å². The van der Waals surface area contributed by atoms with E-state index in [4.69, 9.17) is 9.72 Å². The molecule has 0 amide bonds. The Morgan fingerprint density at radius 1 is 1.23 bits per heavy atom. The predicted octanol–water partition coefficient (Wildman–Crippen LogP) is 3.79. The standard InChI is InChI=1S/C19H22FN3O.2ClH/c1-12-10-21-11-15-7-14-8-17(13-3-5-16(24-2)6-4-13)18(9-20)22-19(14)23(12)15;;/h3-6,8,12,15,21H,7,9-11H2,1-2H3;2*1H/t12-,15-;;/m1../s1. The third kappa shape index (κ3) is 3.48. The molecule has 0 spiro atoms. The molecule has 4 rings (SSSR count). The number of hydrogen-bond donors (Lipinski definition) is 1. The molecule has 0 radical (unpaired) electrons. The first-order valence-corrected chi connectivity index (χ1v) is 8.43. The molecular formula is C19H24Cl2FN3O. The highest BCUT2D eigenvalue weighted by Gasteiger charge is 2.36. The van der Waals surface area contributed by atoms with E-state index in [-0.39, 0.29) is 24.8 Å². The molecule has 2 aliphatic heterocycles. The Balaban J connectivity index is 0.00000121. The molecule has 2 atom stereocenters. The van der Waals surface area contributed by atoms with Crippen molar-refractivity contribution in [1.29, 1.82) is 0 Å². The number of alkyl halides is 1. The van der Waals surface area contributed by atoms with Gasteiger partial charge in [0.1, 0.15) is 18.2 Å². The quantitative estimate of drug-likeness (QED) is 0.851. The number of benzene rings is 1. The van der Waals surface area contributed by atoms with Crippen molar-refractivity contribution in [3.63, 3.8) is 0 Å². The van der Waals surface area contributed by atoms with Crippen molar-refractivity contribution >= 4 is 30.6 Å². The highest BCUT2D eigenvalue weighted by molar-refractivity contribution is 5.85. The summed E-state index contributed by atoms with van der Waals surface area (Å²) in [4.78, 5) is 7.08. The van der Waals surface area contributed by atoms with Gasteiger partial charge in [-0.1, -0.05) is 12.1 Å². The summed E-state index contributed by atoms with van der Waals surface area (Å²) in [5, 5.41) is 3.47. The third-order valence-corrected chi connectivity index (χ3v) is 5.07. The Hall–Kier alpha value is -1.56. The molecule has 2 aliphatic rings. The van der Waals surface area contributed by atoms with Crippen LogP contribution < -0.4 is 15.0 Å². The van der Waals surface area contributed by atoms with Gasteiger partial charge in [0.15, 0.2) is 0 Å². The lowest BCUT2D eigenvalue weighted by atomic mass is 10.0. The molecule has 26 heavy (non-hydrogen) atoms. The SMILES string of the molecule is COc1ccc(-c2cc3c(nc2CF)N2[C@@H](CNC[C@H]2C)C3)cc1.Cl.Cl. The fraction of sp³-hybridized carbons (Fsp3) is 0.421. The van der Waals surface area contributed by atoms with E-state index in [9.17, 15) is 4.39 Å². The Morgan fingerprint density at radius 2 is 1.96 bits per heavy atom. The summed E-state index contributed by atoms with van der Waals surface area (Å²) in [6.45, 7) is 3.55. The van der Waals surface area contributed by atoms with E-state index in [1.54, 1.807) is 7.11 Å². The van der Waals surface area contributed by atoms with Crippen molar-refractivity contribution in [2.75, 3.05) is 25.1 Å². The van der Waals surface area contributed by atoms with Gasteiger partial charge in [0.25, 0.3) is 0 Å². The van der Waals surface area contributed by atoms with Gasteiger partial charge in [-0.25, -0.2) is 9.37 Å². The van der Waals surface area contributed by atoms with Gasteiger partial charge in [0, 0.05) is 30.7 Å². The Kier molecular flexibility index (Phi) is 6.72. The maximum atomic E-state index is 13.7. The van der Waals surface area contributed by atoms with Crippen molar-refractivity contribution in [2.45, 2.75) is 32.1 Å². The number of hydrogen-bond acceptors (Lipinski definition) is 4. The van der Waals surface area contributed by atoms with Gasteiger partial charge in [-0.2, -0.15) is 0 Å². The zero-order chi connectivity index (χ0) is 16.7. The number of piperazine rings is 1. The van der Waals surface area contributed by atoms with Crippen LogP contribution in [0.15, 0.2) is 30.3 Å². The summed E-state index contributed by atoms with van der Waals surface area (Å²) in [7, 11) is 1.64. The number of rotatable bonds is 3. The first-order valence-electron chi connectivity index (χ1n) is 8.43. The highest BCUT2D eigenvalue weighted by atomic mass is 35.5. The largest absolute Gasteiger partial charge is 0.497 e. The molecule has 0 bridgehead atoms. The fourth-order valence-electron chi connectivity index (χ4n) is 3.90. The molecule has 0 unspecified atom stereocenters. The van der Waals surface area contributed by atoms with Crippen LogP contribution in [-0.2, 0) is 13.1 Å². The van der Waals surface area contributed by atoms with E-state index in [0.29, 0.717) is 17.8 Å². The molecule has 1 saturated heterocycles. The summed E-state index contributed by atoms with van der Waals surface area (Å²) in [6, 6.07) is 10.7. The van der Waals surface area contributed by atoms with E-state index in [1.165, 1.54) is 5.56 Å². The van der Waals surface area contributed by atoms with E-state index in [2.05, 4.69) is 23.2 Å². The van der Waals surface area contributed by atoms with Crippen LogP contribution in [0.1, 0.15) is 18.2 Å². The second-order valence-corrected chi connectivity index (χ2v) is 6.60. The smallest absolute Gasteiger partial charge is 0.132 e. The Bertz CT molecular complexity index is 757. The van der Waals surface area contributed by atoms with Crippen LogP contribution in [0.4, 0.5) is 10.2 Å². The van der Waals surface area contributed by atoms with Crippen LogP contribution in [0.3, 0.4) is 0 Å². The predicted molar refractivity (Wildman–Crippen MR) is 108 cm³/mol. The summed E-state index contributed by atoms with van der Waals surface area (Å²) in [6.07, 6.45) is 0.968. The molecule has 7 heteroatoms. The summed E-state index contributed by atoms with van der Waals surface area (Å²) >= 11 is 0. The molecule has 1 aromatic heterocycles. The van der Waals surface area contributed by atoms with Crippen molar-refractivity contribution in [3.05, 3.63) is 41.6 Å². The molecule has 1 aromatic carbocycles. The van der Waals surface area contributed by atoms with E-state index in [0.717, 1.165) is 42.2 Å². The van der Waals surface area contributed by atoms with Crippen molar-refractivity contribution < 1.29 is 9.13 Å². The van der Waals surface area contributed by atoms with E-state index < -0.39 is 6.67 Å². The van der Waals surface area contributed by atoms with Gasteiger partial charge in [-0.05, 0) is 42.7 Å². The van der Waals surface area contributed by atoms with Gasteiger partial charge in [0.2, 0.25) is 0 Å². The van der Waals surface area contributed by atoms with Gasteiger partial charge in [0.05, 0.1) is 12.8 Å². The zero-order valence-corrected chi connectivity index (χ0v) is 16.5. The average Bonchev–Trinajstić information content (AvgIpc) is 2.99. The van der Waals surface area contributed by atoms with Gasteiger partial charge in [-0.15, -0.1) is 24.8 Å². The monoisotopic (exact) mass is 399 g/mol. The van der Waals surface area contributed by atoms with Crippen LogP contribution in [0, 0.1) is 0 Å². The van der Waals surface area contributed by atoms with Crippen molar-refractivity contribution in [3.8, 4) is 16.9 Å². The minimum Gasteiger partial charge on any atom is -0.497 e. The minimum atomic E-state index is -0.556. The first-order chi connectivity index (χ1) is 11.7. The number of ether oxygens (including phenoxy) is 1. The van der Waals surface area contributed by atoms with Crippen LogP contribution in [0.5, 0.6) is 5.75 Å². The zero-order valence-electron chi connectivity index (χ0n) is 14.9. The van der Waals surface area contributed by atoms with Gasteiger partial charge < -0.3 is 15.0 Å². The number of pyridine rings is 1. The molecule has 1 N–H and O–H groups in total. The number of methoxy groups -OCH3 is 1. The van der Waals surface area contributed by atoms with E-state index in [1.807, 2.05) is 24.3 Å². The molecule has 142 valence electrons. The Labute approximate surface area is 166 Å². The average molecular weight is 400 g/mol. The maximum Gasteiger partial charge on any atom is 0.132 e. The summed E-state index contributed by atoms with van der Waals surface area (Å²) < 4.78 is 18.9. The highest BCUT2D eigenvalue weighted by Crippen LogP contribution is 2.37. The van der Waals surface area contributed by atoms with Gasteiger partial charge in [-0.3, -0.25) is 0 Å². The molecule has 2 aromatic rings. The molecule has 0 saturated carbocycles. The van der Waals surface area contributed by atoms with Crippen LogP contribution in [-0.4, -0.2) is 37.3 Å². The molecule has 4 nitrogen and oxygen atoms in total. The topological polar surface area (TPSA) is 37.4 Å². The normalized spacial score (nSPS) is 20.5. The van der Waals surface area contributed by atoms with E-state index >= 15 is 0 Å². The molecule has 3 heterocycles. The number of nitrogens with one attached hydrogen (secondary N) is 1. The lowest BCUT2D eigenvalue weighted by Gasteiger charge is -2.37. The number of halogens is 3. The minimum absolute atomic E-state index is 0. The summed E-state index contributed by atoms with van der Waals surface area (Å²) in [5.74, 6) is 1.77. The maximum absolute atomic E-state index is 13.7. The summed E-state index contributed by atoms with van der Waals surface area (Å²) in [5.41, 5.74) is 3.61. The second kappa shape index (κ2) is 8.42. The number of aromatic nitrogens is 1. The third-order valence-electron chi connectivity index (χ3n) is 5.07. The van der Waals surface area contributed by atoms with Crippen LogP contribution in [0.2, 0.25) is 0 Å². The number of anilines is 1. The second-order valence-electron chi connectivity index (χ2n) is 6.60. The lowest BCUT2D eigenvalue weighted by Crippen LogP contribution is -2.55. The first kappa shape index (κ1) is 20.7. The van der Waals surface area contributed by atoms with Crippen LogP contribution in [0.25, 0.3) is 11.1 Å². The molecule has 0 aliphatic carbocycles. The number of nitrogens with zero attached hydrogens (tertiary/aromatic N) is 2. The molecular weight excluding hydrogens is 376 g/mol. The fourth-order valence-corrected chi connectivity index (χ4v) is 3.90. The number of fused-ring (bicyclic) bond motifs is 3. The molecule has 1 fully saturated rings. The van der Waals surface area contributed by atoms with Crippen molar-refractivity contribution in [2.24, 2.45) is 0 Å².